The molecule has 2 aromatic carbocycles. The third-order valence-electron chi connectivity index (χ3n) is 4.25. The van der Waals surface area contributed by atoms with E-state index in [0.717, 1.165) is 5.56 Å². The number of hydrogen-bond donors (Lipinski definition) is 0. The summed E-state index contributed by atoms with van der Waals surface area (Å²) in [7, 11) is -4.08. The summed E-state index contributed by atoms with van der Waals surface area (Å²) < 4.78 is 37.2. The molecule has 4 rings (SSSR count). The fourth-order valence-corrected chi connectivity index (χ4v) is 4.32. The monoisotopic (exact) mass is 393 g/mol. The number of rotatable bonds is 5. The zero-order chi connectivity index (χ0) is 19.7. The van der Waals surface area contributed by atoms with Crippen molar-refractivity contribution < 1.29 is 22.2 Å². The molecule has 2 heterocycles. The first-order chi connectivity index (χ1) is 13.5. The van der Waals surface area contributed by atoms with Gasteiger partial charge in [0.05, 0.1) is 11.2 Å². The number of furan rings is 1. The van der Waals surface area contributed by atoms with Crippen molar-refractivity contribution >= 4 is 15.6 Å². The number of benzene rings is 2. The highest BCUT2D eigenvalue weighted by molar-refractivity contribution is 7.91. The lowest BCUT2D eigenvalue weighted by atomic mass is 10.1. The van der Waals surface area contributed by atoms with Crippen LogP contribution < -0.4 is 0 Å². The molecule has 0 aliphatic carbocycles. The first-order valence-electron chi connectivity index (χ1n) is 8.43. The molecule has 28 heavy (non-hydrogen) atoms. The van der Waals surface area contributed by atoms with Crippen molar-refractivity contribution in [3.63, 3.8) is 0 Å². The van der Waals surface area contributed by atoms with E-state index in [2.05, 4.69) is 5.16 Å². The molecular formula is C21H15NO5S. The van der Waals surface area contributed by atoms with E-state index in [1.54, 1.807) is 54.6 Å². The molecule has 4 aromatic rings. The summed E-state index contributed by atoms with van der Waals surface area (Å²) in [5, 5.41) is 3.80. The van der Waals surface area contributed by atoms with Gasteiger partial charge in [0.2, 0.25) is 21.4 Å². The van der Waals surface area contributed by atoms with E-state index >= 15 is 0 Å². The quantitative estimate of drug-likeness (QED) is 0.469. The van der Waals surface area contributed by atoms with E-state index in [1.165, 1.54) is 18.4 Å². The average molecular weight is 393 g/mol. The van der Waals surface area contributed by atoms with Gasteiger partial charge in [-0.1, -0.05) is 53.2 Å². The Morgan fingerprint density at radius 1 is 0.929 bits per heavy atom. The van der Waals surface area contributed by atoms with Crippen LogP contribution in [0.15, 0.2) is 91.7 Å². The van der Waals surface area contributed by atoms with Crippen LogP contribution in [0.5, 0.6) is 0 Å². The summed E-state index contributed by atoms with van der Waals surface area (Å²) in [5.41, 5.74) is 1.01. The number of ketones is 1. The van der Waals surface area contributed by atoms with Gasteiger partial charge >= 0.3 is 0 Å². The van der Waals surface area contributed by atoms with E-state index in [1.807, 2.05) is 6.92 Å². The highest BCUT2D eigenvalue weighted by Crippen LogP contribution is 2.35. The topological polar surface area (TPSA) is 90.4 Å². The second kappa shape index (κ2) is 6.94. The second-order valence-corrected chi connectivity index (χ2v) is 8.06. The largest absolute Gasteiger partial charge is 0.461 e. The van der Waals surface area contributed by atoms with Gasteiger partial charge in [-0.25, -0.2) is 8.42 Å². The van der Waals surface area contributed by atoms with Crippen LogP contribution >= 0.6 is 0 Å². The van der Waals surface area contributed by atoms with Crippen LogP contribution in [0.2, 0.25) is 0 Å². The molecule has 0 bridgehead atoms. The maximum absolute atomic E-state index is 13.3. The molecule has 0 aliphatic heterocycles. The van der Waals surface area contributed by atoms with Crippen LogP contribution in [-0.4, -0.2) is 19.4 Å². The molecule has 0 spiro atoms. The van der Waals surface area contributed by atoms with Crippen LogP contribution in [0.4, 0.5) is 0 Å². The number of aryl methyl sites for hydroxylation is 1. The standard InChI is InChI=1S/C21H15NO5S/c1-14-9-11-15(12-10-14)19(23)18-21(20(27-22-18)17-8-5-13-26-17)28(24,25)16-6-3-2-4-7-16/h2-13H,1H3. The third kappa shape index (κ3) is 3.05. The van der Waals surface area contributed by atoms with Crippen LogP contribution in [0.3, 0.4) is 0 Å². The van der Waals surface area contributed by atoms with Gasteiger partial charge in [0.1, 0.15) is 0 Å². The van der Waals surface area contributed by atoms with Crippen molar-refractivity contribution in [1.82, 2.24) is 5.16 Å². The van der Waals surface area contributed by atoms with E-state index < -0.39 is 15.6 Å². The minimum absolute atomic E-state index is 0.0314. The van der Waals surface area contributed by atoms with E-state index in [4.69, 9.17) is 8.94 Å². The van der Waals surface area contributed by atoms with Crippen LogP contribution in [0.1, 0.15) is 21.6 Å². The van der Waals surface area contributed by atoms with Gasteiger partial charge in [0.15, 0.2) is 16.3 Å². The molecule has 0 saturated carbocycles. The number of aromatic nitrogens is 1. The highest BCUT2D eigenvalue weighted by atomic mass is 32.2. The fraction of sp³-hybridized carbons (Fsp3) is 0.0476. The average Bonchev–Trinajstić information content (AvgIpc) is 3.38. The van der Waals surface area contributed by atoms with Crippen molar-refractivity contribution in [2.45, 2.75) is 16.7 Å². The summed E-state index contributed by atoms with van der Waals surface area (Å²) in [6.45, 7) is 1.89. The Morgan fingerprint density at radius 2 is 1.64 bits per heavy atom. The SMILES string of the molecule is Cc1ccc(C(=O)c2noc(-c3ccco3)c2S(=O)(=O)c2ccccc2)cc1. The van der Waals surface area contributed by atoms with Gasteiger partial charge in [0, 0.05) is 5.56 Å². The lowest BCUT2D eigenvalue weighted by Gasteiger charge is -2.06. The molecule has 0 radical (unpaired) electrons. The molecule has 140 valence electrons. The molecule has 2 aromatic heterocycles. The van der Waals surface area contributed by atoms with Gasteiger partial charge in [-0.2, -0.15) is 0 Å². The van der Waals surface area contributed by atoms with Gasteiger partial charge < -0.3 is 8.94 Å². The minimum atomic E-state index is -4.08. The van der Waals surface area contributed by atoms with Crippen LogP contribution in [0, 0.1) is 6.92 Å². The van der Waals surface area contributed by atoms with Crippen molar-refractivity contribution in [3.8, 4) is 11.5 Å². The van der Waals surface area contributed by atoms with Crippen molar-refractivity contribution in [2.24, 2.45) is 0 Å². The van der Waals surface area contributed by atoms with E-state index in [0.29, 0.717) is 5.56 Å². The minimum Gasteiger partial charge on any atom is -0.461 e. The number of hydrogen-bond acceptors (Lipinski definition) is 6. The smallest absolute Gasteiger partial charge is 0.221 e. The van der Waals surface area contributed by atoms with Gasteiger partial charge in [0.25, 0.3) is 0 Å². The molecular weight excluding hydrogens is 378 g/mol. The Labute approximate surface area is 161 Å². The zero-order valence-corrected chi connectivity index (χ0v) is 15.6. The Kier molecular flexibility index (Phi) is 4.44. The predicted molar refractivity (Wildman–Crippen MR) is 101 cm³/mol. The maximum Gasteiger partial charge on any atom is 0.221 e. The second-order valence-electron chi connectivity index (χ2n) is 6.18. The highest BCUT2D eigenvalue weighted by Gasteiger charge is 2.35. The predicted octanol–water partition coefficient (Wildman–Crippen LogP) is 4.31. The van der Waals surface area contributed by atoms with Gasteiger partial charge in [-0.05, 0) is 31.2 Å². The Hall–Kier alpha value is -3.45. The van der Waals surface area contributed by atoms with Crippen molar-refractivity contribution in [2.75, 3.05) is 0 Å². The molecule has 0 aliphatic rings. The Balaban J connectivity index is 1.94. The number of carbonyl (C=O) groups is 1. The summed E-state index contributed by atoms with van der Waals surface area (Å²) >= 11 is 0. The van der Waals surface area contributed by atoms with Gasteiger partial charge in [-0.15, -0.1) is 0 Å². The molecule has 0 unspecified atom stereocenters. The molecule has 7 heteroatoms. The zero-order valence-electron chi connectivity index (χ0n) is 14.8. The fourth-order valence-electron chi connectivity index (χ4n) is 2.80. The lowest BCUT2D eigenvalue weighted by Crippen LogP contribution is -2.11. The Morgan fingerprint density at radius 3 is 2.29 bits per heavy atom. The molecule has 0 N–H and O–H groups in total. The normalized spacial score (nSPS) is 11.5. The summed E-state index contributed by atoms with van der Waals surface area (Å²) in [5.74, 6) is -0.481. The van der Waals surface area contributed by atoms with E-state index in [-0.39, 0.29) is 27.0 Å². The number of nitrogens with zero attached hydrogens (tertiary/aromatic N) is 1. The summed E-state index contributed by atoms with van der Waals surface area (Å²) in [6, 6.07) is 17.8. The number of carbonyl (C=O) groups excluding carboxylic acids is 1. The Bertz CT molecular complexity index is 1220. The summed E-state index contributed by atoms with van der Waals surface area (Å²) in [6.07, 6.45) is 1.39. The molecule has 0 saturated heterocycles. The van der Waals surface area contributed by atoms with Crippen molar-refractivity contribution in [1.29, 1.82) is 0 Å². The van der Waals surface area contributed by atoms with Gasteiger partial charge in [-0.3, -0.25) is 4.79 Å². The van der Waals surface area contributed by atoms with E-state index in [9.17, 15) is 13.2 Å². The van der Waals surface area contributed by atoms with Crippen molar-refractivity contribution in [3.05, 3.63) is 89.8 Å². The van der Waals surface area contributed by atoms with Crippen LogP contribution in [-0.2, 0) is 9.84 Å². The first-order valence-corrected chi connectivity index (χ1v) is 9.92. The third-order valence-corrected chi connectivity index (χ3v) is 6.05. The summed E-state index contributed by atoms with van der Waals surface area (Å²) in [4.78, 5) is 12.7. The maximum atomic E-state index is 13.3. The molecule has 0 atom stereocenters. The first kappa shape index (κ1) is 17.9. The molecule has 0 fully saturated rings. The molecule has 6 nitrogen and oxygen atoms in total. The lowest BCUT2D eigenvalue weighted by molar-refractivity contribution is 0.102. The van der Waals surface area contributed by atoms with Crippen LogP contribution in [0.25, 0.3) is 11.5 Å². The number of sulfone groups is 1. The molecule has 0 amide bonds.